The van der Waals surface area contributed by atoms with E-state index in [0.29, 0.717) is 5.69 Å². The minimum atomic E-state index is -0.636. The van der Waals surface area contributed by atoms with Gasteiger partial charge in [-0.3, -0.25) is 0 Å². The van der Waals surface area contributed by atoms with Crippen molar-refractivity contribution in [1.82, 2.24) is 4.90 Å². The van der Waals surface area contributed by atoms with E-state index < -0.39 is 12.1 Å². The maximum atomic E-state index is 11.8. The SMILES string of the molecule is CCOC(=O)N(CC)C(=O)Nc1ccccc1. The third-order valence-electron chi connectivity index (χ3n) is 2.07. The Morgan fingerprint density at radius 1 is 1.24 bits per heavy atom. The molecule has 0 saturated heterocycles. The van der Waals surface area contributed by atoms with Gasteiger partial charge in [0.15, 0.2) is 0 Å². The van der Waals surface area contributed by atoms with Crippen LogP contribution < -0.4 is 5.32 Å². The number of ether oxygens (including phenoxy) is 1. The highest BCUT2D eigenvalue weighted by Gasteiger charge is 2.20. The monoisotopic (exact) mass is 236 g/mol. The van der Waals surface area contributed by atoms with Gasteiger partial charge in [0.1, 0.15) is 0 Å². The van der Waals surface area contributed by atoms with Crippen molar-refractivity contribution in [2.75, 3.05) is 18.5 Å². The van der Waals surface area contributed by atoms with Gasteiger partial charge in [0, 0.05) is 12.2 Å². The van der Waals surface area contributed by atoms with Crippen molar-refractivity contribution in [1.29, 1.82) is 0 Å². The first kappa shape index (κ1) is 13.0. The molecular formula is C12H16N2O3. The van der Waals surface area contributed by atoms with E-state index in [0.717, 1.165) is 4.90 Å². The van der Waals surface area contributed by atoms with Crippen LogP contribution in [0.3, 0.4) is 0 Å². The quantitative estimate of drug-likeness (QED) is 0.877. The average molecular weight is 236 g/mol. The summed E-state index contributed by atoms with van der Waals surface area (Å²) < 4.78 is 4.78. The number of rotatable bonds is 3. The molecule has 3 amide bonds. The zero-order valence-electron chi connectivity index (χ0n) is 9.97. The Hall–Kier alpha value is -2.04. The predicted octanol–water partition coefficient (Wildman–Crippen LogP) is 2.70. The van der Waals surface area contributed by atoms with Gasteiger partial charge in [-0.05, 0) is 26.0 Å². The Labute approximate surface area is 100 Å². The van der Waals surface area contributed by atoms with Crippen LogP contribution in [0.15, 0.2) is 30.3 Å². The standard InChI is InChI=1S/C12H16N2O3/c1-3-14(12(16)17-4-2)11(15)13-10-8-6-5-7-9-10/h5-9H,3-4H2,1-2H3,(H,13,15). The molecule has 0 unspecified atom stereocenters. The van der Waals surface area contributed by atoms with Crippen LogP contribution in [-0.4, -0.2) is 30.2 Å². The van der Waals surface area contributed by atoms with E-state index in [1.807, 2.05) is 6.07 Å². The first-order chi connectivity index (χ1) is 8.19. The number of imide groups is 1. The molecule has 1 rings (SSSR count). The molecule has 1 N–H and O–H groups in total. The van der Waals surface area contributed by atoms with Gasteiger partial charge in [0.2, 0.25) is 0 Å². The summed E-state index contributed by atoms with van der Waals surface area (Å²) >= 11 is 0. The van der Waals surface area contributed by atoms with Gasteiger partial charge >= 0.3 is 12.1 Å². The fourth-order valence-corrected chi connectivity index (χ4v) is 1.27. The Morgan fingerprint density at radius 3 is 2.41 bits per heavy atom. The Kier molecular flexibility index (Phi) is 5.00. The van der Waals surface area contributed by atoms with Gasteiger partial charge in [-0.1, -0.05) is 18.2 Å². The maximum absolute atomic E-state index is 11.8. The number of hydrogen-bond donors (Lipinski definition) is 1. The van der Waals surface area contributed by atoms with Gasteiger partial charge in [0.05, 0.1) is 6.61 Å². The molecule has 0 aliphatic rings. The number of nitrogens with one attached hydrogen (secondary N) is 1. The number of urea groups is 1. The minimum absolute atomic E-state index is 0.244. The minimum Gasteiger partial charge on any atom is -0.449 e. The van der Waals surface area contributed by atoms with Crippen LogP contribution in [0.5, 0.6) is 0 Å². The second kappa shape index (κ2) is 6.52. The van der Waals surface area contributed by atoms with Crippen LogP contribution in [0.1, 0.15) is 13.8 Å². The van der Waals surface area contributed by atoms with E-state index in [4.69, 9.17) is 4.74 Å². The van der Waals surface area contributed by atoms with Crippen molar-refractivity contribution in [2.45, 2.75) is 13.8 Å². The summed E-state index contributed by atoms with van der Waals surface area (Å²) in [7, 11) is 0. The predicted molar refractivity (Wildman–Crippen MR) is 64.9 cm³/mol. The summed E-state index contributed by atoms with van der Waals surface area (Å²) in [6, 6.07) is 8.45. The number of anilines is 1. The largest absolute Gasteiger partial charge is 0.449 e. The van der Waals surface area contributed by atoms with E-state index in [1.54, 1.807) is 38.1 Å². The highest BCUT2D eigenvalue weighted by Crippen LogP contribution is 2.07. The smallest absolute Gasteiger partial charge is 0.417 e. The molecule has 0 aliphatic heterocycles. The lowest BCUT2D eigenvalue weighted by Crippen LogP contribution is -2.40. The number of benzene rings is 1. The maximum Gasteiger partial charge on any atom is 0.417 e. The molecule has 0 heterocycles. The molecule has 0 bridgehead atoms. The van der Waals surface area contributed by atoms with E-state index in [9.17, 15) is 9.59 Å². The number of amides is 3. The van der Waals surface area contributed by atoms with Crippen LogP contribution in [0.2, 0.25) is 0 Å². The summed E-state index contributed by atoms with van der Waals surface area (Å²) in [4.78, 5) is 24.2. The van der Waals surface area contributed by atoms with Gasteiger partial charge in [-0.15, -0.1) is 0 Å². The van der Waals surface area contributed by atoms with Gasteiger partial charge in [-0.2, -0.15) is 0 Å². The lowest BCUT2D eigenvalue weighted by Gasteiger charge is -2.18. The molecule has 1 aromatic rings. The van der Waals surface area contributed by atoms with Crippen LogP contribution in [-0.2, 0) is 4.74 Å². The normalized spacial score (nSPS) is 9.53. The molecule has 0 fully saturated rings. The summed E-state index contributed by atoms with van der Waals surface area (Å²) in [5, 5.41) is 2.62. The molecule has 0 spiro atoms. The summed E-state index contributed by atoms with van der Waals surface area (Å²) in [6.45, 7) is 3.91. The number of para-hydroxylation sites is 1. The van der Waals surface area contributed by atoms with Gasteiger partial charge in [-0.25, -0.2) is 14.5 Å². The molecular weight excluding hydrogens is 220 g/mol. The van der Waals surface area contributed by atoms with Gasteiger partial charge in [0.25, 0.3) is 0 Å². The van der Waals surface area contributed by atoms with Crippen LogP contribution >= 0.6 is 0 Å². The summed E-state index contributed by atoms with van der Waals surface area (Å²) in [6.07, 6.45) is -0.636. The Morgan fingerprint density at radius 2 is 1.88 bits per heavy atom. The van der Waals surface area contributed by atoms with Crippen molar-refractivity contribution in [3.05, 3.63) is 30.3 Å². The third-order valence-corrected chi connectivity index (χ3v) is 2.07. The first-order valence-electron chi connectivity index (χ1n) is 5.49. The highest BCUT2D eigenvalue weighted by molar-refractivity contribution is 5.98. The van der Waals surface area contributed by atoms with Crippen LogP contribution in [0.25, 0.3) is 0 Å². The third kappa shape index (κ3) is 3.79. The molecule has 0 radical (unpaired) electrons. The fraction of sp³-hybridized carbons (Fsp3) is 0.333. The van der Waals surface area contributed by atoms with Gasteiger partial charge < -0.3 is 10.1 Å². The molecule has 5 nitrogen and oxygen atoms in total. The molecule has 0 atom stereocenters. The lowest BCUT2D eigenvalue weighted by atomic mass is 10.3. The molecule has 0 aromatic heterocycles. The number of hydrogen-bond acceptors (Lipinski definition) is 3. The molecule has 1 aromatic carbocycles. The van der Waals surface area contributed by atoms with E-state index in [2.05, 4.69) is 5.32 Å². The molecule has 0 aliphatic carbocycles. The van der Waals surface area contributed by atoms with Crippen molar-refractivity contribution >= 4 is 17.8 Å². The molecule has 5 heteroatoms. The Balaban J connectivity index is 2.64. The lowest BCUT2D eigenvalue weighted by molar-refractivity contribution is 0.119. The highest BCUT2D eigenvalue weighted by atomic mass is 16.6. The van der Waals surface area contributed by atoms with Crippen molar-refractivity contribution in [3.63, 3.8) is 0 Å². The topological polar surface area (TPSA) is 58.6 Å². The van der Waals surface area contributed by atoms with E-state index in [-0.39, 0.29) is 13.2 Å². The number of nitrogens with zero attached hydrogens (tertiary/aromatic N) is 1. The van der Waals surface area contributed by atoms with E-state index in [1.165, 1.54) is 0 Å². The average Bonchev–Trinajstić information content (AvgIpc) is 2.31. The van der Waals surface area contributed by atoms with Crippen molar-refractivity contribution in [3.8, 4) is 0 Å². The fourth-order valence-electron chi connectivity index (χ4n) is 1.27. The summed E-state index contributed by atoms with van der Waals surface area (Å²) in [5.41, 5.74) is 0.639. The zero-order valence-corrected chi connectivity index (χ0v) is 9.97. The van der Waals surface area contributed by atoms with Crippen molar-refractivity contribution < 1.29 is 14.3 Å². The molecule has 17 heavy (non-hydrogen) atoms. The first-order valence-corrected chi connectivity index (χ1v) is 5.49. The van der Waals surface area contributed by atoms with E-state index >= 15 is 0 Å². The molecule has 92 valence electrons. The summed E-state index contributed by atoms with van der Waals surface area (Å²) in [5.74, 6) is 0. The Bertz CT molecular complexity index is 379. The number of carbonyl (C=O) groups is 2. The van der Waals surface area contributed by atoms with Crippen LogP contribution in [0.4, 0.5) is 15.3 Å². The van der Waals surface area contributed by atoms with Crippen molar-refractivity contribution in [2.24, 2.45) is 0 Å². The van der Waals surface area contributed by atoms with Crippen LogP contribution in [0, 0.1) is 0 Å². The second-order valence-electron chi connectivity index (χ2n) is 3.24. The second-order valence-corrected chi connectivity index (χ2v) is 3.24. The molecule has 0 saturated carbocycles. The number of carbonyl (C=O) groups excluding carboxylic acids is 2. The zero-order chi connectivity index (χ0) is 12.7.